The Labute approximate surface area is 171 Å². The number of morpholine rings is 1. The minimum absolute atomic E-state index is 0.213. The number of carbonyl (C=O) groups excluding carboxylic acids is 1. The highest BCUT2D eigenvalue weighted by atomic mass is 16.6. The first kappa shape index (κ1) is 19.9. The molecule has 4 rings (SSSR count). The summed E-state index contributed by atoms with van der Waals surface area (Å²) in [5.74, 6) is 0. The molecule has 0 spiro atoms. The number of benzene rings is 2. The summed E-state index contributed by atoms with van der Waals surface area (Å²) in [5.41, 5.74) is 1.89. The van der Waals surface area contributed by atoms with Gasteiger partial charge in [0.05, 0.1) is 37.5 Å². The molecule has 2 aromatic carbocycles. The predicted octanol–water partition coefficient (Wildman–Crippen LogP) is 3.22. The average Bonchev–Trinajstić information content (AvgIpc) is 2.73. The smallest absolute Gasteiger partial charge is 0.410 e. The molecule has 2 unspecified atom stereocenters. The molecule has 29 heavy (non-hydrogen) atoms. The zero-order chi connectivity index (χ0) is 20.3. The molecule has 6 nitrogen and oxygen atoms in total. The molecule has 2 aliphatic heterocycles. The molecule has 0 aromatic heterocycles. The Kier molecular flexibility index (Phi) is 5.85. The lowest BCUT2D eigenvalue weighted by Gasteiger charge is -2.51. The summed E-state index contributed by atoms with van der Waals surface area (Å²) in [6, 6.07) is 17.1. The highest BCUT2D eigenvalue weighted by molar-refractivity contribution is 5.69. The van der Waals surface area contributed by atoms with E-state index < -0.39 is 5.60 Å². The van der Waals surface area contributed by atoms with Crippen LogP contribution < -0.4 is 0 Å². The summed E-state index contributed by atoms with van der Waals surface area (Å²) >= 11 is 0. The molecular formula is C23H27NO5. The van der Waals surface area contributed by atoms with Gasteiger partial charge in [-0.3, -0.25) is 4.90 Å². The molecule has 0 radical (unpaired) electrons. The molecule has 6 heteroatoms. The summed E-state index contributed by atoms with van der Waals surface area (Å²) in [4.78, 5) is 14.6. The lowest BCUT2D eigenvalue weighted by molar-refractivity contribution is -0.136. The van der Waals surface area contributed by atoms with Crippen LogP contribution in [0.1, 0.15) is 29.5 Å². The van der Waals surface area contributed by atoms with Gasteiger partial charge in [0.15, 0.2) is 0 Å². The van der Waals surface area contributed by atoms with E-state index >= 15 is 0 Å². The van der Waals surface area contributed by atoms with Crippen molar-refractivity contribution in [3.63, 3.8) is 0 Å². The highest BCUT2D eigenvalue weighted by Crippen LogP contribution is 2.41. The number of piperidine rings is 1. The lowest BCUT2D eigenvalue weighted by Crippen LogP contribution is -2.62. The Balaban J connectivity index is 1.46. The van der Waals surface area contributed by atoms with E-state index in [1.807, 2.05) is 54.6 Å². The van der Waals surface area contributed by atoms with Gasteiger partial charge in [-0.25, -0.2) is 4.79 Å². The second-order valence-electron chi connectivity index (χ2n) is 7.86. The van der Waals surface area contributed by atoms with Gasteiger partial charge < -0.3 is 19.3 Å². The first-order valence-corrected chi connectivity index (χ1v) is 9.96. The van der Waals surface area contributed by atoms with E-state index in [4.69, 9.17) is 14.2 Å². The van der Waals surface area contributed by atoms with Crippen molar-refractivity contribution in [2.45, 2.75) is 43.7 Å². The second kappa shape index (κ2) is 8.53. The predicted molar refractivity (Wildman–Crippen MR) is 107 cm³/mol. The van der Waals surface area contributed by atoms with Gasteiger partial charge in [0.1, 0.15) is 6.61 Å². The fourth-order valence-electron chi connectivity index (χ4n) is 4.38. The SMILES string of the molecule is COCc1ccc(C2(O)CC3COCC(C2)N3C(=O)OCc2ccccc2)cc1. The number of fused-ring (bicyclic) bond motifs is 2. The Morgan fingerprint density at radius 2 is 1.66 bits per heavy atom. The van der Waals surface area contributed by atoms with Gasteiger partial charge in [-0.1, -0.05) is 54.6 Å². The normalized spacial score (nSPS) is 26.2. The number of methoxy groups -OCH3 is 1. The molecule has 1 amide bonds. The summed E-state index contributed by atoms with van der Waals surface area (Å²) in [6.45, 7) is 1.59. The third-order valence-electron chi connectivity index (χ3n) is 5.77. The molecule has 0 saturated carbocycles. The minimum atomic E-state index is -0.985. The minimum Gasteiger partial charge on any atom is -0.445 e. The molecule has 2 aliphatic rings. The average molecular weight is 397 g/mol. The van der Waals surface area contributed by atoms with Gasteiger partial charge in [0.2, 0.25) is 0 Å². The quantitative estimate of drug-likeness (QED) is 0.839. The van der Waals surface area contributed by atoms with E-state index in [1.54, 1.807) is 12.0 Å². The van der Waals surface area contributed by atoms with Crippen LogP contribution in [0.5, 0.6) is 0 Å². The summed E-state index contributed by atoms with van der Waals surface area (Å²) in [7, 11) is 1.66. The van der Waals surface area contributed by atoms with Crippen LogP contribution in [0.25, 0.3) is 0 Å². The van der Waals surface area contributed by atoms with Crippen molar-refractivity contribution in [2.24, 2.45) is 0 Å². The van der Waals surface area contributed by atoms with Crippen LogP contribution in [0, 0.1) is 0 Å². The van der Waals surface area contributed by atoms with E-state index in [0.717, 1.165) is 16.7 Å². The maximum atomic E-state index is 12.8. The number of hydrogen-bond donors (Lipinski definition) is 1. The van der Waals surface area contributed by atoms with Gasteiger partial charge in [-0.05, 0) is 16.7 Å². The van der Waals surface area contributed by atoms with Gasteiger partial charge >= 0.3 is 6.09 Å². The maximum absolute atomic E-state index is 12.8. The van der Waals surface area contributed by atoms with E-state index in [2.05, 4.69) is 0 Å². The Morgan fingerprint density at radius 3 is 2.28 bits per heavy atom. The van der Waals surface area contributed by atoms with Crippen molar-refractivity contribution in [2.75, 3.05) is 20.3 Å². The molecule has 2 saturated heterocycles. The van der Waals surface area contributed by atoms with Crippen LogP contribution >= 0.6 is 0 Å². The van der Waals surface area contributed by atoms with Crippen LogP contribution in [0.4, 0.5) is 4.79 Å². The van der Waals surface area contributed by atoms with E-state index in [1.165, 1.54) is 0 Å². The van der Waals surface area contributed by atoms with Crippen molar-refractivity contribution in [1.29, 1.82) is 0 Å². The van der Waals surface area contributed by atoms with Crippen molar-refractivity contribution < 1.29 is 24.1 Å². The second-order valence-corrected chi connectivity index (χ2v) is 7.86. The molecule has 2 atom stereocenters. The van der Waals surface area contributed by atoms with Crippen LogP contribution in [-0.2, 0) is 33.0 Å². The number of amides is 1. The Bertz CT molecular complexity index is 809. The summed E-state index contributed by atoms with van der Waals surface area (Å²) in [5, 5.41) is 11.4. The first-order valence-electron chi connectivity index (χ1n) is 9.96. The summed E-state index contributed by atoms with van der Waals surface area (Å²) < 4.78 is 16.4. The van der Waals surface area contributed by atoms with Crippen LogP contribution in [0.15, 0.2) is 54.6 Å². The molecule has 1 N–H and O–H groups in total. The number of nitrogens with zero attached hydrogens (tertiary/aromatic N) is 1. The molecule has 2 aromatic rings. The molecule has 154 valence electrons. The zero-order valence-electron chi connectivity index (χ0n) is 16.6. The molecule has 2 bridgehead atoms. The van der Waals surface area contributed by atoms with Crippen molar-refractivity contribution in [3.05, 3.63) is 71.3 Å². The number of carbonyl (C=O) groups is 1. The van der Waals surface area contributed by atoms with Crippen LogP contribution in [-0.4, -0.2) is 48.5 Å². The van der Waals surface area contributed by atoms with Crippen molar-refractivity contribution in [3.8, 4) is 0 Å². The van der Waals surface area contributed by atoms with Gasteiger partial charge in [0.25, 0.3) is 0 Å². The highest BCUT2D eigenvalue weighted by Gasteiger charge is 2.49. The standard InChI is InChI=1S/C23H27NO5/c1-27-13-18-7-9-19(10-8-18)23(26)11-20-15-28-16-21(12-23)24(20)22(25)29-14-17-5-3-2-4-6-17/h2-10,20-21,26H,11-16H2,1H3. The largest absolute Gasteiger partial charge is 0.445 e. The van der Waals surface area contributed by atoms with Gasteiger partial charge in [-0.2, -0.15) is 0 Å². The number of rotatable bonds is 5. The Morgan fingerprint density at radius 1 is 1.03 bits per heavy atom. The molecular weight excluding hydrogens is 370 g/mol. The van der Waals surface area contributed by atoms with Gasteiger partial charge in [0, 0.05) is 20.0 Å². The fraction of sp³-hybridized carbons (Fsp3) is 0.435. The van der Waals surface area contributed by atoms with E-state index in [-0.39, 0.29) is 24.8 Å². The first-order chi connectivity index (χ1) is 14.1. The third kappa shape index (κ3) is 4.29. The maximum Gasteiger partial charge on any atom is 0.410 e. The van der Waals surface area contributed by atoms with Gasteiger partial charge in [-0.15, -0.1) is 0 Å². The van der Waals surface area contributed by atoms with Crippen molar-refractivity contribution in [1.82, 2.24) is 4.90 Å². The topological polar surface area (TPSA) is 68.2 Å². The molecule has 2 fully saturated rings. The Hall–Kier alpha value is -2.41. The van der Waals surface area contributed by atoms with E-state index in [0.29, 0.717) is 32.7 Å². The van der Waals surface area contributed by atoms with Crippen LogP contribution in [0.3, 0.4) is 0 Å². The number of ether oxygens (including phenoxy) is 3. The lowest BCUT2D eigenvalue weighted by atomic mass is 9.77. The number of aliphatic hydroxyl groups is 1. The fourth-order valence-corrected chi connectivity index (χ4v) is 4.38. The monoisotopic (exact) mass is 397 g/mol. The third-order valence-corrected chi connectivity index (χ3v) is 5.77. The van der Waals surface area contributed by atoms with Crippen molar-refractivity contribution >= 4 is 6.09 Å². The summed E-state index contributed by atoms with van der Waals surface area (Å²) in [6.07, 6.45) is 0.505. The molecule has 0 aliphatic carbocycles. The number of hydrogen-bond acceptors (Lipinski definition) is 5. The van der Waals surface area contributed by atoms with E-state index in [9.17, 15) is 9.90 Å². The molecule has 2 heterocycles. The zero-order valence-corrected chi connectivity index (χ0v) is 16.6. The van der Waals surface area contributed by atoms with Crippen LogP contribution in [0.2, 0.25) is 0 Å².